The molecule has 1 saturated carbocycles. The molecule has 0 bridgehead atoms. The summed E-state index contributed by atoms with van der Waals surface area (Å²) in [4.78, 5) is -0.756. The Balaban J connectivity index is 2.45. The zero-order valence-corrected chi connectivity index (χ0v) is 9.60. The summed E-state index contributed by atoms with van der Waals surface area (Å²) in [6.07, 6.45) is 1.39. The van der Waals surface area contributed by atoms with Gasteiger partial charge in [0.1, 0.15) is 4.90 Å². The summed E-state index contributed by atoms with van der Waals surface area (Å²) in [7, 11) is -4.06. The lowest BCUT2D eigenvalue weighted by molar-refractivity contribution is 0.280. The van der Waals surface area contributed by atoms with Crippen molar-refractivity contribution in [3.63, 3.8) is 0 Å². The Morgan fingerprint density at radius 3 is 2.53 bits per heavy atom. The van der Waals surface area contributed by atoms with Gasteiger partial charge in [-0.3, -0.25) is 0 Å². The molecule has 2 rings (SSSR count). The lowest BCUT2D eigenvalue weighted by atomic mass is 10.2. The van der Waals surface area contributed by atoms with Crippen LogP contribution in [0.2, 0.25) is 0 Å². The zero-order chi connectivity index (χ0) is 12.6. The van der Waals surface area contributed by atoms with Crippen molar-refractivity contribution >= 4 is 10.0 Å². The van der Waals surface area contributed by atoms with E-state index in [4.69, 9.17) is 5.11 Å². The fourth-order valence-electron chi connectivity index (χ4n) is 1.39. The first-order chi connectivity index (χ1) is 7.94. The maximum atomic E-state index is 13.4. The smallest absolute Gasteiger partial charge is 0.243 e. The van der Waals surface area contributed by atoms with Crippen molar-refractivity contribution in [2.75, 3.05) is 0 Å². The van der Waals surface area contributed by atoms with Gasteiger partial charge in [-0.05, 0) is 30.5 Å². The van der Waals surface area contributed by atoms with Gasteiger partial charge in [-0.2, -0.15) is 0 Å². The number of benzene rings is 1. The summed E-state index contributed by atoms with van der Waals surface area (Å²) < 4.78 is 52.2. The van der Waals surface area contributed by atoms with Crippen LogP contribution in [-0.2, 0) is 16.6 Å². The third-order valence-corrected chi connectivity index (χ3v) is 3.95. The van der Waals surface area contributed by atoms with Gasteiger partial charge in [-0.1, -0.05) is 0 Å². The zero-order valence-electron chi connectivity index (χ0n) is 8.78. The van der Waals surface area contributed by atoms with Crippen LogP contribution in [0.1, 0.15) is 18.4 Å². The van der Waals surface area contributed by atoms with Crippen LogP contribution in [0.4, 0.5) is 8.78 Å². The topological polar surface area (TPSA) is 66.4 Å². The van der Waals surface area contributed by atoms with E-state index in [0.29, 0.717) is 12.8 Å². The maximum absolute atomic E-state index is 13.4. The molecule has 1 aromatic carbocycles. The van der Waals surface area contributed by atoms with Crippen LogP contribution in [0.15, 0.2) is 17.0 Å². The molecule has 1 aromatic rings. The van der Waals surface area contributed by atoms with Crippen LogP contribution in [0.5, 0.6) is 0 Å². The number of sulfonamides is 1. The Morgan fingerprint density at radius 1 is 1.35 bits per heavy atom. The van der Waals surface area contributed by atoms with Gasteiger partial charge in [0.05, 0.1) is 6.61 Å². The normalized spacial score (nSPS) is 16.2. The molecule has 0 aromatic heterocycles. The lowest BCUT2D eigenvalue weighted by Crippen LogP contribution is -2.27. The summed E-state index contributed by atoms with van der Waals surface area (Å²) in [6.45, 7) is -0.552. The van der Waals surface area contributed by atoms with Gasteiger partial charge in [-0.25, -0.2) is 21.9 Å². The predicted molar refractivity (Wildman–Crippen MR) is 55.6 cm³/mol. The van der Waals surface area contributed by atoms with Crippen molar-refractivity contribution in [3.05, 3.63) is 29.3 Å². The molecule has 1 aliphatic rings. The molecule has 0 aliphatic heterocycles. The molecule has 0 radical (unpaired) electrons. The van der Waals surface area contributed by atoms with Crippen molar-refractivity contribution in [1.29, 1.82) is 0 Å². The van der Waals surface area contributed by atoms with Gasteiger partial charge >= 0.3 is 0 Å². The van der Waals surface area contributed by atoms with Crippen LogP contribution in [-0.4, -0.2) is 19.6 Å². The number of rotatable bonds is 4. The minimum Gasteiger partial charge on any atom is -0.392 e. The predicted octanol–water partition coefficient (Wildman–Crippen LogP) is 0.898. The minimum absolute atomic E-state index is 0.0140. The van der Waals surface area contributed by atoms with Gasteiger partial charge < -0.3 is 5.11 Å². The van der Waals surface area contributed by atoms with Gasteiger partial charge in [0.15, 0.2) is 11.6 Å². The summed E-state index contributed by atoms with van der Waals surface area (Å²) in [5.41, 5.74) is 0.0140. The van der Waals surface area contributed by atoms with Gasteiger partial charge in [0.25, 0.3) is 0 Å². The summed E-state index contributed by atoms with van der Waals surface area (Å²) in [5, 5.41) is 8.83. The quantitative estimate of drug-likeness (QED) is 0.848. The van der Waals surface area contributed by atoms with Crippen LogP contribution < -0.4 is 4.72 Å². The third kappa shape index (κ3) is 2.62. The van der Waals surface area contributed by atoms with Crippen molar-refractivity contribution in [3.8, 4) is 0 Å². The van der Waals surface area contributed by atoms with E-state index >= 15 is 0 Å². The molecule has 2 N–H and O–H groups in total. The molecule has 0 heterocycles. The van der Waals surface area contributed by atoms with Crippen molar-refractivity contribution < 1.29 is 22.3 Å². The number of aliphatic hydroxyl groups excluding tert-OH is 1. The van der Waals surface area contributed by atoms with Crippen LogP contribution in [0.3, 0.4) is 0 Å². The number of aliphatic hydroxyl groups is 1. The average Bonchev–Trinajstić information content (AvgIpc) is 3.04. The van der Waals surface area contributed by atoms with Crippen LogP contribution in [0, 0.1) is 11.6 Å². The standard InChI is InChI=1S/C10H11F2NO3S/c11-8-3-6(5-14)4-9(10(8)12)17(15,16)13-7-1-2-7/h3-4,7,13-14H,1-2,5H2. The van der Waals surface area contributed by atoms with E-state index in [1.54, 1.807) is 0 Å². The average molecular weight is 263 g/mol. The minimum atomic E-state index is -4.06. The SMILES string of the molecule is O=S(=O)(NC1CC1)c1cc(CO)cc(F)c1F. The molecule has 17 heavy (non-hydrogen) atoms. The lowest BCUT2D eigenvalue weighted by Gasteiger charge is -2.08. The second kappa shape index (κ2) is 4.32. The van der Waals surface area contributed by atoms with Crippen LogP contribution >= 0.6 is 0 Å². The third-order valence-electron chi connectivity index (χ3n) is 2.43. The highest BCUT2D eigenvalue weighted by molar-refractivity contribution is 7.89. The molecule has 1 fully saturated rings. The number of halogens is 2. The number of hydrogen-bond acceptors (Lipinski definition) is 3. The van der Waals surface area contributed by atoms with E-state index in [-0.39, 0.29) is 11.6 Å². The molecule has 1 aliphatic carbocycles. The summed E-state index contributed by atoms with van der Waals surface area (Å²) >= 11 is 0. The van der Waals surface area contributed by atoms with Crippen molar-refractivity contribution in [2.45, 2.75) is 30.4 Å². The molecular weight excluding hydrogens is 252 g/mol. The van der Waals surface area contributed by atoms with E-state index in [2.05, 4.69) is 4.72 Å². The van der Waals surface area contributed by atoms with E-state index < -0.39 is 33.2 Å². The first-order valence-electron chi connectivity index (χ1n) is 5.05. The van der Waals surface area contributed by atoms with Crippen LogP contribution in [0.25, 0.3) is 0 Å². The Morgan fingerprint density at radius 2 is 2.00 bits per heavy atom. The Labute approximate surface area is 97.3 Å². The molecule has 7 heteroatoms. The van der Waals surface area contributed by atoms with Crippen molar-refractivity contribution in [2.24, 2.45) is 0 Å². The Bertz CT molecular complexity index is 541. The largest absolute Gasteiger partial charge is 0.392 e. The summed E-state index contributed by atoms with van der Waals surface area (Å²) in [5.74, 6) is -2.71. The number of hydrogen-bond donors (Lipinski definition) is 2. The van der Waals surface area contributed by atoms with E-state index in [1.807, 2.05) is 0 Å². The Hall–Kier alpha value is -1.05. The Kier molecular flexibility index (Phi) is 3.15. The van der Waals surface area contributed by atoms with Gasteiger partial charge in [0, 0.05) is 6.04 Å². The summed E-state index contributed by atoms with van der Waals surface area (Å²) in [6, 6.07) is 1.51. The van der Waals surface area contributed by atoms with E-state index in [0.717, 1.165) is 12.1 Å². The second-order valence-corrected chi connectivity index (χ2v) is 5.63. The molecule has 0 amide bonds. The molecule has 0 saturated heterocycles. The maximum Gasteiger partial charge on any atom is 0.243 e. The molecular formula is C10H11F2NO3S. The van der Waals surface area contributed by atoms with E-state index in [9.17, 15) is 17.2 Å². The fraction of sp³-hybridized carbons (Fsp3) is 0.400. The molecule has 0 spiro atoms. The molecule has 0 atom stereocenters. The number of nitrogens with one attached hydrogen (secondary N) is 1. The first-order valence-corrected chi connectivity index (χ1v) is 6.53. The monoisotopic (exact) mass is 263 g/mol. The van der Waals surface area contributed by atoms with Gasteiger partial charge in [0.2, 0.25) is 10.0 Å². The highest BCUT2D eigenvalue weighted by atomic mass is 32.2. The van der Waals surface area contributed by atoms with Crippen molar-refractivity contribution in [1.82, 2.24) is 4.72 Å². The van der Waals surface area contributed by atoms with E-state index in [1.165, 1.54) is 0 Å². The molecule has 0 unspecified atom stereocenters. The highest BCUT2D eigenvalue weighted by Crippen LogP contribution is 2.25. The fourth-order valence-corrected chi connectivity index (χ4v) is 2.83. The molecule has 94 valence electrons. The second-order valence-electron chi connectivity index (χ2n) is 3.94. The van der Waals surface area contributed by atoms with Gasteiger partial charge in [-0.15, -0.1) is 0 Å². The molecule has 4 nitrogen and oxygen atoms in total. The first kappa shape index (κ1) is 12.4. The highest BCUT2D eigenvalue weighted by Gasteiger charge is 2.30.